The first-order valence-electron chi connectivity index (χ1n) is 14.7. The molecule has 0 saturated heterocycles. The number of nitrogens with one attached hydrogen (secondary N) is 1. The van der Waals surface area contributed by atoms with Crippen LogP contribution in [0, 0.1) is 0 Å². The Morgan fingerprint density at radius 3 is 2.29 bits per heavy atom. The molecule has 1 unspecified atom stereocenters. The molecule has 0 saturated carbocycles. The van der Waals surface area contributed by atoms with E-state index in [1.54, 1.807) is 17.2 Å². The number of unbranched alkanes of at least 4 members (excludes halogenated alkanes) is 1. The van der Waals surface area contributed by atoms with Gasteiger partial charge in [-0.05, 0) is 94.0 Å². The van der Waals surface area contributed by atoms with Crippen LogP contribution in [-0.2, 0) is 45.5 Å². The average Bonchev–Trinajstić information content (AvgIpc) is 3.43. The van der Waals surface area contributed by atoms with Gasteiger partial charge in [-0.15, -0.1) is 15.0 Å². The second-order valence-electron chi connectivity index (χ2n) is 11.2. The van der Waals surface area contributed by atoms with Crippen molar-refractivity contribution in [1.29, 1.82) is 0 Å². The monoisotopic (exact) mass is 653 g/mol. The molecule has 240 valence electrons. The Balaban J connectivity index is 1.29. The lowest BCUT2D eigenvalue weighted by atomic mass is 10.1. The van der Waals surface area contributed by atoms with E-state index in [-0.39, 0.29) is 18.4 Å². The standard InChI is InChI=1S/C32H41N6O5PS/c1-32(2,3)43-31(40)9-7-6-8-27-23-38(36-35-27)24-30(39)33-19-18-25-10-14-28(15-11-25)41-20-21-42-29-16-12-26(13-17-29)22-34-37(4)44(5)45/h10-17,20-23H,6-9,18-19,24H2,1-5H3/p+1/b21-20?,34-22-. The molecule has 0 aliphatic rings. The molecular weight excluding hydrogens is 611 g/mol. The van der Waals surface area contributed by atoms with Crippen LogP contribution in [0.3, 0.4) is 0 Å². The molecule has 0 aliphatic carbocycles. The van der Waals surface area contributed by atoms with Crippen LogP contribution in [0.25, 0.3) is 0 Å². The Hall–Kier alpha value is -4.15. The van der Waals surface area contributed by atoms with E-state index in [0.717, 1.165) is 23.2 Å². The van der Waals surface area contributed by atoms with Gasteiger partial charge in [0.05, 0.1) is 19.0 Å². The maximum atomic E-state index is 12.4. The van der Waals surface area contributed by atoms with E-state index >= 15 is 0 Å². The molecule has 0 bridgehead atoms. The summed E-state index contributed by atoms with van der Waals surface area (Å²) in [6, 6.07) is 15.2. The zero-order chi connectivity index (χ0) is 32.7. The minimum absolute atomic E-state index is 0.0948. The number of hydrogen-bond donors (Lipinski definition) is 1. The molecular formula is C32H42N6O5PS+. The van der Waals surface area contributed by atoms with Crippen LogP contribution in [0.2, 0.25) is 0 Å². The van der Waals surface area contributed by atoms with Crippen molar-refractivity contribution in [2.75, 3.05) is 20.3 Å². The fraction of sp³-hybridized carbons (Fsp3) is 0.406. The number of esters is 1. The third kappa shape index (κ3) is 14.5. The van der Waals surface area contributed by atoms with E-state index in [9.17, 15) is 9.59 Å². The number of rotatable bonds is 17. The molecule has 1 atom stereocenters. The number of carbonyl (C=O) groups excluding carboxylic acids is 2. The van der Waals surface area contributed by atoms with Gasteiger partial charge in [-0.2, -0.15) is 0 Å². The van der Waals surface area contributed by atoms with Gasteiger partial charge < -0.3 is 19.5 Å². The number of nitrogens with zero attached hydrogens (tertiary/aromatic N) is 5. The van der Waals surface area contributed by atoms with Crippen molar-refractivity contribution in [2.24, 2.45) is 5.10 Å². The Morgan fingerprint density at radius 2 is 1.67 bits per heavy atom. The normalized spacial score (nSPS) is 11.9. The molecule has 0 spiro atoms. The second kappa shape index (κ2) is 18.0. The SMILES string of the molecule is CN(/N=C\c1ccc(OC=COc2ccc(CCNC(=O)Cn3cc(CCCCC(=O)OC(C)(C)C)nn3)cc2)cc1)[P+](C)=S. The van der Waals surface area contributed by atoms with E-state index in [0.29, 0.717) is 43.7 Å². The van der Waals surface area contributed by atoms with Crippen molar-refractivity contribution in [3.8, 4) is 11.5 Å². The van der Waals surface area contributed by atoms with Crippen molar-refractivity contribution < 1.29 is 23.8 Å². The maximum absolute atomic E-state index is 12.4. The Morgan fingerprint density at radius 1 is 1.02 bits per heavy atom. The van der Waals surface area contributed by atoms with Crippen molar-refractivity contribution in [2.45, 2.75) is 65.0 Å². The zero-order valence-electron chi connectivity index (χ0n) is 26.5. The smallest absolute Gasteiger partial charge is 0.306 e. The summed E-state index contributed by atoms with van der Waals surface area (Å²) in [6.07, 6.45) is 9.72. The maximum Gasteiger partial charge on any atom is 0.306 e. The molecule has 45 heavy (non-hydrogen) atoms. The molecule has 1 N–H and O–H groups in total. The summed E-state index contributed by atoms with van der Waals surface area (Å²) >= 11 is 5.22. The van der Waals surface area contributed by atoms with Crippen molar-refractivity contribution in [1.82, 2.24) is 25.1 Å². The lowest BCUT2D eigenvalue weighted by Crippen LogP contribution is -2.29. The van der Waals surface area contributed by atoms with E-state index < -0.39 is 12.4 Å². The predicted molar refractivity (Wildman–Crippen MR) is 179 cm³/mol. The van der Waals surface area contributed by atoms with Crippen LogP contribution >= 0.6 is 6.85 Å². The van der Waals surface area contributed by atoms with E-state index in [1.165, 1.54) is 17.2 Å². The molecule has 3 rings (SSSR count). The molecule has 0 aliphatic heterocycles. The number of hydrazone groups is 1. The highest BCUT2D eigenvalue weighted by atomic mass is 32.4. The van der Waals surface area contributed by atoms with Crippen LogP contribution in [-0.4, -0.2) is 63.7 Å². The number of hydrogen-bond acceptors (Lipinski definition) is 9. The van der Waals surface area contributed by atoms with Gasteiger partial charge in [-0.1, -0.05) is 17.3 Å². The summed E-state index contributed by atoms with van der Waals surface area (Å²) in [5.41, 5.74) is 2.34. The van der Waals surface area contributed by atoms with Crippen LogP contribution in [0.15, 0.2) is 72.4 Å². The number of ether oxygens (including phenoxy) is 3. The average molecular weight is 654 g/mol. The molecule has 1 amide bonds. The van der Waals surface area contributed by atoms with Crippen molar-refractivity contribution in [3.05, 3.63) is 84.1 Å². The topological polar surface area (TPSA) is 120 Å². The Kier molecular flexibility index (Phi) is 14.1. The van der Waals surface area contributed by atoms with Gasteiger partial charge >= 0.3 is 12.8 Å². The number of amides is 1. The molecule has 11 nitrogen and oxygen atoms in total. The van der Waals surface area contributed by atoms with Crippen LogP contribution in [0.4, 0.5) is 0 Å². The van der Waals surface area contributed by atoms with E-state index in [1.807, 2.05) is 83.0 Å². The minimum Gasteiger partial charge on any atom is -0.462 e. The molecule has 0 radical (unpaired) electrons. The number of carbonyl (C=O) groups is 2. The molecule has 1 aromatic heterocycles. The molecule has 13 heteroatoms. The number of aryl methyl sites for hydroxylation is 1. The van der Waals surface area contributed by atoms with Crippen molar-refractivity contribution >= 4 is 36.7 Å². The fourth-order valence-electron chi connectivity index (χ4n) is 3.85. The summed E-state index contributed by atoms with van der Waals surface area (Å²) < 4.78 is 19.8. The fourth-order valence-corrected chi connectivity index (χ4v) is 4.17. The highest BCUT2D eigenvalue weighted by Gasteiger charge is 2.15. The van der Waals surface area contributed by atoms with Crippen molar-refractivity contribution in [3.63, 3.8) is 0 Å². The molecule has 0 fully saturated rings. The summed E-state index contributed by atoms with van der Waals surface area (Å²) in [7, 11) is 1.87. The third-order valence-electron chi connectivity index (χ3n) is 6.16. The first-order valence-corrected chi connectivity index (χ1v) is 17.5. The van der Waals surface area contributed by atoms with Gasteiger partial charge in [0.25, 0.3) is 0 Å². The summed E-state index contributed by atoms with van der Waals surface area (Å²) in [5, 5.41) is 15.4. The Labute approximate surface area is 271 Å². The largest absolute Gasteiger partial charge is 0.462 e. The third-order valence-corrected chi connectivity index (χ3v) is 7.79. The lowest BCUT2D eigenvalue weighted by Gasteiger charge is -2.19. The van der Waals surface area contributed by atoms with Gasteiger partial charge in [0.2, 0.25) is 5.91 Å². The molecule has 3 aromatic rings. The first-order chi connectivity index (χ1) is 21.5. The number of aromatic nitrogens is 3. The van der Waals surface area contributed by atoms with Crippen LogP contribution < -0.4 is 14.8 Å². The van der Waals surface area contributed by atoms with Crippen LogP contribution in [0.5, 0.6) is 11.5 Å². The Bertz CT molecular complexity index is 1450. The highest BCUT2D eigenvalue weighted by Crippen LogP contribution is 2.20. The second-order valence-corrected chi connectivity index (χ2v) is 14.3. The molecule has 2 aromatic carbocycles. The minimum atomic E-state index is -0.671. The van der Waals surface area contributed by atoms with E-state index in [2.05, 4.69) is 20.7 Å². The quantitative estimate of drug-likeness (QED) is 0.0512. The summed E-state index contributed by atoms with van der Waals surface area (Å²) in [5.74, 6) is 1.01. The summed E-state index contributed by atoms with van der Waals surface area (Å²) in [4.78, 5) is 24.2. The van der Waals surface area contributed by atoms with E-state index in [4.69, 9.17) is 26.0 Å². The van der Waals surface area contributed by atoms with Gasteiger partial charge in [-0.25, -0.2) is 4.68 Å². The zero-order valence-corrected chi connectivity index (χ0v) is 28.2. The number of benzene rings is 2. The highest BCUT2D eigenvalue weighted by molar-refractivity contribution is 8.03. The summed E-state index contributed by atoms with van der Waals surface area (Å²) in [6.45, 7) is 7.45. The first kappa shape index (κ1) is 35.3. The van der Waals surface area contributed by atoms with Gasteiger partial charge in [0.15, 0.2) is 11.8 Å². The predicted octanol–water partition coefficient (Wildman–Crippen LogP) is 5.37. The lowest BCUT2D eigenvalue weighted by molar-refractivity contribution is -0.154. The van der Waals surface area contributed by atoms with Gasteiger partial charge in [0, 0.05) is 19.2 Å². The molecule has 1 heterocycles. The van der Waals surface area contributed by atoms with Crippen LogP contribution in [0.1, 0.15) is 56.9 Å². The van der Waals surface area contributed by atoms with Gasteiger partial charge in [0.1, 0.15) is 42.8 Å². The van der Waals surface area contributed by atoms with Gasteiger partial charge in [-0.3, -0.25) is 9.59 Å².